The summed E-state index contributed by atoms with van der Waals surface area (Å²) in [6, 6.07) is 15.2. The molecule has 0 bridgehead atoms. The Labute approximate surface area is 186 Å². The molecule has 1 aliphatic rings. The van der Waals surface area contributed by atoms with Crippen LogP contribution in [0.5, 0.6) is 5.75 Å². The third-order valence-corrected chi connectivity index (χ3v) is 6.61. The van der Waals surface area contributed by atoms with Crippen molar-refractivity contribution in [2.75, 3.05) is 7.11 Å². The lowest BCUT2D eigenvalue weighted by atomic mass is 9.93. The average Bonchev–Trinajstić information content (AvgIpc) is 3.26. The van der Waals surface area contributed by atoms with Gasteiger partial charge in [-0.05, 0) is 47.5 Å². The Bertz CT molecular complexity index is 1100. The largest absolute Gasteiger partial charge is 0.488 e. The minimum absolute atomic E-state index is 0.159. The number of methoxy groups -OCH3 is 1. The number of aryl methyl sites for hydroxylation is 2. The van der Waals surface area contributed by atoms with E-state index in [-0.39, 0.29) is 5.91 Å². The van der Waals surface area contributed by atoms with Crippen LogP contribution in [-0.4, -0.2) is 29.9 Å². The molecule has 0 saturated heterocycles. The Morgan fingerprint density at radius 2 is 1.77 bits per heavy atom. The summed E-state index contributed by atoms with van der Waals surface area (Å²) in [7, 11) is 1.36. The highest BCUT2D eigenvalue weighted by molar-refractivity contribution is 7.12. The standard InChI is InChI=1S/C25H25NO4S/c1-16-7-6-8-17(2)23(16)30-14-18-11-22(31-15-18)24(27)26-13-20-10-5-4-9-19(20)12-21(26)25(28)29-3/h4-11,15,21H,12-14H2,1-3H3. The summed E-state index contributed by atoms with van der Waals surface area (Å²) < 4.78 is 11.0. The lowest BCUT2D eigenvalue weighted by Crippen LogP contribution is -2.49. The van der Waals surface area contributed by atoms with Crippen molar-refractivity contribution in [1.29, 1.82) is 0 Å². The van der Waals surface area contributed by atoms with Crippen LogP contribution in [0.15, 0.2) is 53.9 Å². The van der Waals surface area contributed by atoms with Gasteiger partial charge < -0.3 is 14.4 Å². The van der Waals surface area contributed by atoms with Gasteiger partial charge >= 0.3 is 5.97 Å². The monoisotopic (exact) mass is 435 g/mol. The van der Waals surface area contributed by atoms with E-state index in [0.717, 1.165) is 33.6 Å². The van der Waals surface area contributed by atoms with Gasteiger partial charge in [-0.3, -0.25) is 4.79 Å². The van der Waals surface area contributed by atoms with Gasteiger partial charge in [-0.15, -0.1) is 11.3 Å². The molecule has 0 spiro atoms. The smallest absolute Gasteiger partial charge is 0.328 e. The molecule has 1 amide bonds. The number of nitrogens with zero attached hydrogens (tertiary/aromatic N) is 1. The lowest BCUT2D eigenvalue weighted by Gasteiger charge is -2.34. The van der Waals surface area contributed by atoms with Gasteiger partial charge in [-0.2, -0.15) is 0 Å². The molecule has 1 unspecified atom stereocenters. The predicted octanol–water partition coefficient (Wildman–Crippen LogP) is 4.68. The molecule has 2 aromatic carbocycles. The number of esters is 1. The van der Waals surface area contributed by atoms with Gasteiger partial charge in [-0.25, -0.2) is 4.79 Å². The van der Waals surface area contributed by atoms with E-state index in [1.165, 1.54) is 18.4 Å². The first-order valence-electron chi connectivity index (χ1n) is 10.2. The van der Waals surface area contributed by atoms with Crippen LogP contribution in [0.3, 0.4) is 0 Å². The van der Waals surface area contributed by atoms with E-state index in [4.69, 9.17) is 9.47 Å². The van der Waals surface area contributed by atoms with Gasteiger partial charge in [0, 0.05) is 18.5 Å². The molecule has 6 heteroatoms. The Morgan fingerprint density at radius 3 is 2.48 bits per heavy atom. The second kappa shape index (κ2) is 8.94. The molecule has 4 rings (SSSR count). The quantitative estimate of drug-likeness (QED) is 0.546. The van der Waals surface area contributed by atoms with Crippen molar-refractivity contribution >= 4 is 23.2 Å². The summed E-state index contributed by atoms with van der Waals surface area (Å²) in [5.41, 5.74) is 5.24. The van der Waals surface area contributed by atoms with E-state index in [1.807, 2.05) is 67.8 Å². The van der Waals surface area contributed by atoms with Gasteiger partial charge in [0.05, 0.1) is 12.0 Å². The number of hydrogen-bond acceptors (Lipinski definition) is 5. The molecule has 5 nitrogen and oxygen atoms in total. The maximum absolute atomic E-state index is 13.3. The van der Waals surface area contributed by atoms with Crippen LogP contribution in [0, 0.1) is 13.8 Å². The summed E-state index contributed by atoms with van der Waals surface area (Å²) in [4.78, 5) is 28.0. The molecule has 160 valence electrons. The average molecular weight is 436 g/mol. The van der Waals surface area contributed by atoms with E-state index in [9.17, 15) is 9.59 Å². The van der Waals surface area contributed by atoms with Gasteiger partial charge in [0.25, 0.3) is 5.91 Å². The highest BCUT2D eigenvalue weighted by Gasteiger charge is 2.36. The Kier molecular flexibility index (Phi) is 6.09. The van der Waals surface area contributed by atoms with Gasteiger partial charge in [0.1, 0.15) is 18.4 Å². The first kappa shape index (κ1) is 21.1. The summed E-state index contributed by atoms with van der Waals surface area (Å²) in [6.45, 7) is 4.82. The van der Waals surface area contributed by atoms with Gasteiger partial charge in [0.15, 0.2) is 0 Å². The van der Waals surface area contributed by atoms with E-state index < -0.39 is 12.0 Å². The molecule has 1 atom stereocenters. The van der Waals surface area contributed by atoms with E-state index >= 15 is 0 Å². The van der Waals surface area contributed by atoms with Crippen LogP contribution >= 0.6 is 11.3 Å². The zero-order valence-corrected chi connectivity index (χ0v) is 18.7. The minimum atomic E-state index is -0.621. The highest BCUT2D eigenvalue weighted by atomic mass is 32.1. The number of benzene rings is 2. The van der Waals surface area contributed by atoms with Crippen LogP contribution < -0.4 is 4.74 Å². The summed E-state index contributed by atoms with van der Waals surface area (Å²) in [5.74, 6) is 0.325. The molecule has 0 radical (unpaired) electrons. The number of fused-ring (bicyclic) bond motifs is 1. The number of ether oxygens (including phenoxy) is 2. The van der Waals surface area contributed by atoms with Crippen molar-refractivity contribution in [2.24, 2.45) is 0 Å². The van der Waals surface area contributed by atoms with Gasteiger partial charge in [-0.1, -0.05) is 42.5 Å². The summed E-state index contributed by atoms with van der Waals surface area (Å²) in [6.07, 6.45) is 0.461. The van der Waals surface area contributed by atoms with Gasteiger partial charge in [0.2, 0.25) is 0 Å². The molecule has 0 aliphatic carbocycles. The molecule has 2 heterocycles. The topological polar surface area (TPSA) is 55.8 Å². The summed E-state index contributed by atoms with van der Waals surface area (Å²) in [5, 5.41) is 1.94. The first-order chi connectivity index (χ1) is 15.0. The number of amides is 1. The Balaban J connectivity index is 1.52. The molecule has 0 saturated carbocycles. The van der Waals surface area contributed by atoms with E-state index in [2.05, 4.69) is 0 Å². The molecule has 31 heavy (non-hydrogen) atoms. The van der Waals surface area contributed by atoms with Crippen molar-refractivity contribution in [2.45, 2.75) is 39.5 Å². The first-order valence-corrected chi connectivity index (χ1v) is 11.1. The Hall–Kier alpha value is -3.12. The van der Waals surface area contributed by atoms with Crippen molar-refractivity contribution in [3.05, 3.63) is 86.6 Å². The SMILES string of the molecule is COC(=O)C1Cc2ccccc2CN1C(=O)c1cc(COc2c(C)cccc2C)cs1. The summed E-state index contributed by atoms with van der Waals surface area (Å²) >= 11 is 1.37. The van der Waals surface area contributed by atoms with Crippen molar-refractivity contribution in [3.8, 4) is 5.75 Å². The van der Waals surface area contributed by atoms with E-state index in [0.29, 0.717) is 24.4 Å². The second-order valence-electron chi connectivity index (χ2n) is 7.77. The van der Waals surface area contributed by atoms with Crippen molar-refractivity contribution < 1.29 is 19.1 Å². The number of rotatable bonds is 5. The number of para-hydroxylation sites is 1. The van der Waals surface area contributed by atoms with E-state index in [1.54, 1.807) is 4.90 Å². The third kappa shape index (κ3) is 4.35. The zero-order valence-electron chi connectivity index (χ0n) is 17.9. The van der Waals surface area contributed by atoms with Crippen LogP contribution in [0.1, 0.15) is 37.5 Å². The molecular weight excluding hydrogens is 410 g/mol. The molecular formula is C25H25NO4S. The zero-order chi connectivity index (χ0) is 22.0. The normalized spacial score (nSPS) is 15.3. The number of hydrogen-bond donors (Lipinski definition) is 0. The number of carbonyl (C=O) groups is 2. The lowest BCUT2D eigenvalue weighted by molar-refractivity contribution is -0.146. The minimum Gasteiger partial charge on any atom is -0.488 e. The molecule has 3 aromatic rings. The Morgan fingerprint density at radius 1 is 1.06 bits per heavy atom. The predicted molar refractivity (Wildman–Crippen MR) is 120 cm³/mol. The molecule has 0 fully saturated rings. The maximum atomic E-state index is 13.3. The maximum Gasteiger partial charge on any atom is 0.328 e. The molecule has 1 aromatic heterocycles. The second-order valence-corrected chi connectivity index (χ2v) is 8.68. The highest BCUT2D eigenvalue weighted by Crippen LogP contribution is 2.28. The fraction of sp³-hybridized carbons (Fsp3) is 0.280. The van der Waals surface area contributed by atoms with Crippen LogP contribution in [0.25, 0.3) is 0 Å². The van der Waals surface area contributed by atoms with Crippen molar-refractivity contribution in [1.82, 2.24) is 4.90 Å². The van der Waals surface area contributed by atoms with Crippen molar-refractivity contribution in [3.63, 3.8) is 0 Å². The fourth-order valence-electron chi connectivity index (χ4n) is 3.97. The van der Waals surface area contributed by atoms with Crippen LogP contribution in [-0.2, 0) is 29.1 Å². The number of thiophene rings is 1. The third-order valence-electron chi connectivity index (χ3n) is 5.64. The fourth-order valence-corrected chi connectivity index (χ4v) is 4.82. The molecule has 1 aliphatic heterocycles. The van der Waals surface area contributed by atoms with Crippen LogP contribution in [0.2, 0.25) is 0 Å². The number of carbonyl (C=O) groups excluding carboxylic acids is 2. The van der Waals surface area contributed by atoms with Crippen LogP contribution in [0.4, 0.5) is 0 Å². The molecule has 0 N–H and O–H groups in total.